The van der Waals surface area contributed by atoms with Crippen molar-refractivity contribution in [3.05, 3.63) is 57.8 Å². The summed E-state index contributed by atoms with van der Waals surface area (Å²) in [6.45, 7) is 6.10. The van der Waals surface area contributed by atoms with Gasteiger partial charge in [0.1, 0.15) is 17.1 Å². The molecule has 1 fully saturated rings. The average molecular weight is 533 g/mol. The molecular formula is C27H32N8O4. The van der Waals surface area contributed by atoms with Crippen LogP contribution in [0.5, 0.6) is 5.75 Å². The van der Waals surface area contributed by atoms with Gasteiger partial charge in [0.15, 0.2) is 5.52 Å². The number of nitrogens with zero attached hydrogens (tertiary/aromatic N) is 5. The van der Waals surface area contributed by atoms with E-state index in [4.69, 9.17) is 14.9 Å². The molecule has 0 bridgehead atoms. The van der Waals surface area contributed by atoms with Gasteiger partial charge in [-0.2, -0.15) is 5.10 Å². The fraction of sp³-hybridized carbons (Fsp3) is 0.407. The highest BCUT2D eigenvalue weighted by Gasteiger charge is 2.23. The Bertz CT molecular complexity index is 1510. The predicted octanol–water partition coefficient (Wildman–Crippen LogP) is 3.03. The second kappa shape index (κ2) is 11.6. The number of fused-ring (bicyclic) bond motifs is 1. The zero-order valence-electron chi connectivity index (χ0n) is 22.0. The maximum atomic E-state index is 12.8. The van der Waals surface area contributed by atoms with E-state index >= 15 is 0 Å². The highest BCUT2D eigenvalue weighted by atomic mass is 16.5. The molecular weight excluding hydrogens is 500 g/mol. The van der Waals surface area contributed by atoms with Crippen molar-refractivity contribution in [1.82, 2.24) is 35.6 Å². The van der Waals surface area contributed by atoms with Gasteiger partial charge in [-0.1, -0.05) is 19.4 Å². The topological polar surface area (TPSA) is 162 Å². The van der Waals surface area contributed by atoms with E-state index in [1.165, 1.54) is 12.4 Å². The summed E-state index contributed by atoms with van der Waals surface area (Å²) in [6.07, 6.45) is 7.29. The van der Waals surface area contributed by atoms with Crippen LogP contribution in [0.4, 0.5) is 5.95 Å². The first-order valence-corrected chi connectivity index (χ1v) is 13.3. The lowest BCUT2D eigenvalue weighted by molar-refractivity contribution is 0.0705. The number of hydroxylamine groups is 1. The number of carbonyl (C=O) groups is 1. The van der Waals surface area contributed by atoms with Crippen molar-refractivity contribution >= 4 is 22.9 Å². The largest absolute Gasteiger partial charge is 0.493 e. The number of ether oxygens (including phenoxy) is 1. The van der Waals surface area contributed by atoms with Crippen molar-refractivity contribution in [2.24, 2.45) is 5.92 Å². The van der Waals surface area contributed by atoms with Crippen LogP contribution in [0.25, 0.3) is 22.4 Å². The summed E-state index contributed by atoms with van der Waals surface area (Å²) >= 11 is 0. The summed E-state index contributed by atoms with van der Waals surface area (Å²) in [5, 5.41) is 15.9. The van der Waals surface area contributed by atoms with E-state index in [0.717, 1.165) is 62.0 Å². The lowest BCUT2D eigenvalue weighted by Gasteiger charge is -2.32. The normalized spacial score (nSPS) is 14.1. The Labute approximate surface area is 224 Å². The van der Waals surface area contributed by atoms with E-state index in [2.05, 4.69) is 49.1 Å². The molecule has 0 saturated carbocycles. The van der Waals surface area contributed by atoms with Crippen molar-refractivity contribution < 1.29 is 14.7 Å². The Hall–Kier alpha value is -4.32. The van der Waals surface area contributed by atoms with Crippen LogP contribution in [0, 0.1) is 5.92 Å². The Morgan fingerprint density at radius 2 is 1.95 bits per heavy atom. The smallest absolute Gasteiger partial charge is 0.279 e. The lowest BCUT2D eigenvalue weighted by atomic mass is 9.89. The number of carbonyl (C=O) groups excluding carboxylic acids is 1. The van der Waals surface area contributed by atoms with Gasteiger partial charge < -0.3 is 14.6 Å². The molecule has 39 heavy (non-hydrogen) atoms. The minimum atomic E-state index is -0.639. The minimum Gasteiger partial charge on any atom is -0.493 e. The molecule has 4 N–H and O–H groups in total. The van der Waals surface area contributed by atoms with Gasteiger partial charge in [-0.05, 0) is 56.2 Å². The molecule has 1 saturated heterocycles. The van der Waals surface area contributed by atoms with Crippen LogP contribution in [0.2, 0.25) is 0 Å². The van der Waals surface area contributed by atoms with Crippen molar-refractivity contribution in [3.8, 4) is 17.1 Å². The average Bonchev–Trinajstić information content (AvgIpc) is 3.37. The fourth-order valence-corrected chi connectivity index (χ4v) is 5.02. The van der Waals surface area contributed by atoms with Crippen LogP contribution in [0.3, 0.4) is 0 Å². The second-order valence-electron chi connectivity index (χ2n) is 9.67. The van der Waals surface area contributed by atoms with E-state index in [9.17, 15) is 9.59 Å². The molecule has 4 heterocycles. The van der Waals surface area contributed by atoms with Gasteiger partial charge in [0.05, 0.1) is 23.4 Å². The molecule has 4 aromatic rings. The molecule has 0 unspecified atom stereocenters. The van der Waals surface area contributed by atoms with Gasteiger partial charge in [-0.15, -0.1) is 0 Å². The maximum Gasteiger partial charge on any atom is 0.279 e. The summed E-state index contributed by atoms with van der Waals surface area (Å²) < 4.78 is 5.90. The van der Waals surface area contributed by atoms with E-state index < -0.39 is 5.91 Å². The third-order valence-corrected chi connectivity index (χ3v) is 7.01. The number of aromatic nitrogens is 6. The Morgan fingerprint density at radius 1 is 1.18 bits per heavy atom. The fourth-order valence-electron chi connectivity index (χ4n) is 5.02. The first kappa shape index (κ1) is 26.3. The standard InChI is InChI=1S/C27H32N8O4/c1-3-5-20-22-23(33-32-20)26(37)31-24(30-22)19-13-17(6-7-21(19)39-4-2)12-16-8-10-35(11-9-16)27-28-14-18(15-29-27)25(36)34-38/h6-7,13-16,38H,3-5,8-12H2,1-2H3,(H,32,33)(H,34,36)(H,30,31,37). The minimum absolute atomic E-state index is 0.201. The summed E-state index contributed by atoms with van der Waals surface area (Å²) in [7, 11) is 0. The number of aromatic amines is 2. The van der Waals surface area contributed by atoms with Crippen molar-refractivity contribution in [2.45, 2.75) is 46.0 Å². The van der Waals surface area contributed by atoms with Crippen LogP contribution < -0.4 is 20.7 Å². The van der Waals surface area contributed by atoms with Crippen LogP contribution in [0.1, 0.15) is 54.7 Å². The first-order chi connectivity index (χ1) is 19.0. The zero-order valence-corrected chi connectivity index (χ0v) is 22.0. The molecule has 5 rings (SSSR count). The molecule has 3 aromatic heterocycles. The van der Waals surface area contributed by atoms with Gasteiger partial charge >= 0.3 is 0 Å². The van der Waals surface area contributed by atoms with E-state index in [0.29, 0.717) is 41.1 Å². The number of piperidine rings is 1. The Kier molecular flexibility index (Phi) is 7.82. The summed E-state index contributed by atoms with van der Waals surface area (Å²) in [6, 6.07) is 6.09. The lowest BCUT2D eigenvalue weighted by Crippen LogP contribution is -2.35. The van der Waals surface area contributed by atoms with Crippen molar-refractivity contribution in [3.63, 3.8) is 0 Å². The third-order valence-electron chi connectivity index (χ3n) is 7.01. The van der Waals surface area contributed by atoms with Crippen LogP contribution in [-0.4, -0.2) is 60.9 Å². The summed E-state index contributed by atoms with van der Waals surface area (Å²) in [4.78, 5) is 42.7. The number of anilines is 1. The molecule has 204 valence electrons. The molecule has 0 aliphatic carbocycles. The third kappa shape index (κ3) is 5.60. The van der Waals surface area contributed by atoms with E-state index in [1.807, 2.05) is 13.0 Å². The molecule has 1 aliphatic heterocycles. The number of aryl methyl sites for hydroxylation is 1. The van der Waals surface area contributed by atoms with E-state index in [-0.39, 0.29) is 11.1 Å². The molecule has 1 amide bonds. The second-order valence-corrected chi connectivity index (χ2v) is 9.67. The number of amides is 1. The molecule has 0 spiro atoms. The van der Waals surface area contributed by atoms with Gasteiger partial charge in [-0.3, -0.25) is 19.9 Å². The van der Waals surface area contributed by atoms with Crippen LogP contribution in [-0.2, 0) is 12.8 Å². The maximum absolute atomic E-state index is 12.8. The molecule has 1 aromatic carbocycles. The number of nitrogens with one attached hydrogen (secondary N) is 3. The number of H-pyrrole nitrogens is 2. The molecule has 12 nitrogen and oxygen atoms in total. The number of hydrogen-bond donors (Lipinski definition) is 4. The van der Waals surface area contributed by atoms with Crippen molar-refractivity contribution in [1.29, 1.82) is 0 Å². The van der Waals surface area contributed by atoms with Gasteiger partial charge in [0.2, 0.25) is 5.95 Å². The van der Waals surface area contributed by atoms with Gasteiger partial charge in [0, 0.05) is 25.5 Å². The van der Waals surface area contributed by atoms with Crippen molar-refractivity contribution in [2.75, 3.05) is 24.6 Å². The van der Waals surface area contributed by atoms with E-state index in [1.54, 1.807) is 5.48 Å². The number of hydrogen-bond acceptors (Lipinski definition) is 9. The van der Waals surface area contributed by atoms with Gasteiger partial charge in [-0.25, -0.2) is 20.4 Å². The quantitative estimate of drug-likeness (QED) is 0.187. The summed E-state index contributed by atoms with van der Waals surface area (Å²) in [5.41, 5.74) is 5.19. The molecule has 0 radical (unpaired) electrons. The number of benzene rings is 1. The van der Waals surface area contributed by atoms with Gasteiger partial charge in [0.25, 0.3) is 11.5 Å². The first-order valence-electron chi connectivity index (χ1n) is 13.3. The highest BCUT2D eigenvalue weighted by Crippen LogP contribution is 2.32. The Morgan fingerprint density at radius 3 is 2.64 bits per heavy atom. The summed E-state index contributed by atoms with van der Waals surface area (Å²) in [5.74, 6) is 1.54. The molecule has 12 heteroatoms. The Balaban J connectivity index is 1.33. The van der Waals surface area contributed by atoms with Crippen LogP contribution >= 0.6 is 0 Å². The predicted molar refractivity (Wildman–Crippen MR) is 145 cm³/mol. The monoisotopic (exact) mass is 532 g/mol. The highest BCUT2D eigenvalue weighted by molar-refractivity contribution is 5.92. The molecule has 1 aliphatic rings. The van der Waals surface area contributed by atoms with Crippen LogP contribution in [0.15, 0.2) is 35.4 Å². The molecule has 0 atom stereocenters. The zero-order chi connectivity index (χ0) is 27.4. The SMILES string of the molecule is CCCc1[nH]nc2c(=O)[nH]c(-c3cc(CC4CCN(c5ncc(C(=O)NO)cn5)CC4)ccc3OCC)nc12. The number of rotatable bonds is 9.